The molecule has 1 aromatic rings. The summed E-state index contributed by atoms with van der Waals surface area (Å²) in [6.07, 6.45) is 1.01. The zero-order chi connectivity index (χ0) is 12.4. The Kier molecular flexibility index (Phi) is 3.22. The molecule has 0 N–H and O–H groups in total. The van der Waals surface area contributed by atoms with Crippen molar-refractivity contribution in [2.24, 2.45) is 0 Å². The van der Waals surface area contributed by atoms with E-state index in [9.17, 15) is 14.0 Å². The van der Waals surface area contributed by atoms with E-state index in [1.165, 1.54) is 19.1 Å². The Morgan fingerprint density at radius 2 is 2.06 bits per heavy atom. The van der Waals surface area contributed by atoms with Crippen LogP contribution in [0.3, 0.4) is 0 Å². The highest BCUT2D eigenvalue weighted by atomic mass is 19.1. The average Bonchev–Trinajstić information content (AvgIpc) is 2.64. The molecule has 3 nitrogen and oxygen atoms in total. The van der Waals surface area contributed by atoms with Crippen LogP contribution in [0.1, 0.15) is 25.3 Å². The van der Waals surface area contributed by atoms with Gasteiger partial charge in [0, 0.05) is 13.0 Å². The van der Waals surface area contributed by atoms with Crippen LogP contribution in [0.25, 0.3) is 0 Å². The van der Waals surface area contributed by atoms with Gasteiger partial charge >= 0.3 is 0 Å². The van der Waals surface area contributed by atoms with E-state index in [0.29, 0.717) is 19.4 Å². The van der Waals surface area contributed by atoms with Crippen LogP contribution in [-0.4, -0.2) is 22.6 Å². The smallest absolute Gasteiger partial charge is 0.223 e. The number of hydrogen-bond donors (Lipinski definition) is 0. The summed E-state index contributed by atoms with van der Waals surface area (Å²) in [4.78, 5) is 24.6. The van der Waals surface area contributed by atoms with Crippen LogP contribution in [0, 0.1) is 5.82 Å². The van der Waals surface area contributed by atoms with Crippen molar-refractivity contribution >= 4 is 11.7 Å². The first-order valence-corrected chi connectivity index (χ1v) is 5.62. The van der Waals surface area contributed by atoms with Crippen molar-refractivity contribution in [1.29, 1.82) is 0 Å². The third-order valence-corrected chi connectivity index (χ3v) is 3.06. The molecule has 1 aliphatic heterocycles. The molecule has 1 atom stereocenters. The van der Waals surface area contributed by atoms with Gasteiger partial charge < -0.3 is 4.90 Å². The fourth-order valence-corrected chi connectivity index (χ4v) is 2.14. The SMILES string of the molecule is CC(=O)[C@H]1CCC(=O)N1Cc1ccc(F)cc1. The first kappa shape index (κ1) is 11.8. The number of hydrogen-bond acceptors (Lipinski definition) is 2. The lowest BCUT2D eigenvalue weighted by Gasteiger charge is -2.22. The van der Waals surface area contributed by atoms with E-state index < -0.39 is 0 Å². The number of halogens is 1. The number of carbonyl (C=O) groups is 2. The van der Waals surface area contributed by atoms with Crippen LogP contribution in [0.4, 0.5) is 4.39 Å². The normalized spacial score (nSPS) is 19.8. The Bertz CT molecular complexity index is 441. The molecular weight excluding hydrogens is 221 g/mol. The van der Waals surface area contributed by atoms with Gasteiger partial charge in [-0.1, -0.05) is 12.1 Å². The van der Waals surface area contributed by atoms with Gasteiger partial charge in [-0.05, 0) is 31.0 Å². The predicted molar refractivity (Wildman–Crippen MR) is 60.7 cm³/mol. The quantitative estimate of drug-likeness (QED) is 0.802. The minimum atomic E-state index is -0.312. The highest BCUT2D eigenvalue weighted by molar-refractivity contribution is 5.90. The maximum Gasteiger partial charge on any atom is 0.223 e. The summed E-state index contributed by atoms with van der Waals surface area (Å²) in [6, 6.07) is 5.68. The van der Waals surface area contributed by atoms with Crippen molar-refractivity contribution in [3.05, 3.63) is 35.6 Å². The highest BCUT2D eigenvalue weighted by Gasteiger charge is 2.33. The van der Waals surface area contributed by atoms with Gasteiger partial charge in [-0.15, -0.1) is 0 Å². The Morgan fingerprint density at radius 3 is 2.65 bits per heavy atom. The minimum absolute atomic E-state index is 0.00507. The molecule has 90 valence electrons. The van der Waals surface area contributed by atoms with E-state index in [2.05, 4.69) is 0 Å². The maximum absolute atomic E-state index is 12.7. The van der Waals surface area contributed by atoms with E-state index in [0.717, 1.165) is 5.56 Å². The number of likely N-dealkylation sites (tertiary alicyclic amines) is 1. The molecule has 1 aromatic carbocycles. The van der Waals surface area contributed by atoms with Crippen LogP contribution in [0.15, 0.2) is 24.3 Å². The molecule has 1 heterocycles. The summed E-state index contributed by atoms with van der Waals surface area (Å²) in [5, 5.41) is 0. The second-order valence-corrected chi connectivity index (χ2v) is 4.31. The summed E-state index contributed by atoms with van der Waals surface area (Å²) in [5.74, 6) is -0.294. The van der Waals surface area contributed by atoms with E-state index in [-0.39, 0.29) is 23.5 Å². The van der Waals surface area contributed by atoms with Gasteiger partial charge in [0.2, 0.25) is 5.91 Å². The fraction of sp³-hybridized carbons (Fsp3) is 0.385. The monoisotopic (exact) mass is 235 g/mol. The van der Waals surface area contributed by atoms with E-state index in [4.69, 9.17) is 0 Å². The first-order chi connectivity index (χ1) is 8.08. The third-order valence-electron chi connectivity index (χ3n) is 3.06. The van der Waals surface area contributed by atoms with Crippen molar-refractivity contribution in [2.75, 3.05) is 0 Å². The van der Waals surface area contributed by atoms with Crippen LogP contribution >= 0.6 is 0 Å². The number of carbonyl (C=O) groups excluding carboxylic acids is 2. The van der Waals surface area contributed by atoms with Crippen LogP contribution in [0.5, 0.6) is 0 Å². The molecule has 1 fully saturated rings. The molecule has 0 aliphatic carbocycles. The molecule has 1 aliphatic rings. The number of Topliss-reactive ketones (excluding diaryl/α,β-unsaturated/α-hetero) is 1. The average molecular weight is 235 g/mol. The van der Waals surface area contributed by atoms with Gasteiger partial charge in [0.05, 0.1) is 6.04 Å². The predicted octanol–water partition coefficient (Wildman–Crippen LogP) is 1.91. The van der Waals surface area contributed by atoms with Crippen molar-refractivity contribution in [1.82, 2.24) is 4.90 Å². The van der Waals surface area contributed by atoms with Crippen molar-refractivity contribution in [3.63, 3.8) is 0 Å². The molecule has 2 rings (SSSR count). The molecule has 0 bridgehead atoms. The van der Waals surface area contributed by atoms with Crippen molar-refractivity contribution in [2.45, 2.75) is 32.4 Å². The summed E-state index contributed by atoms with van der Waals surface area (Å²) in [5.41, 5.74) is 0.841. The largest absolute Gasteiger partial charge is 0.328 e. The molecule has 1 saturated heterocycles. The number of rotatable bonds is 3. The van der Waals surface area contributed by atoms with Crippen LogP contribution < -0.4 is 0 Å². The molecular formula is C13H14FNO2. The van der Waals surface area contributed by atoms with E-state index in [1.54, 1.807) is 17.0 Å². The molecule has 0 spiro atoms. The highest BCUT2D eigenvalue weighted by Crippen LogP contribution is 2.22. The minimum Gasteiger partial charge on any atom is -0.328 e. The lowest BCUT2D eigenvalue weighted by atomic mass is 10.1. The molecule has 0 radical (unpaired) electrons. The van der Waals surface area contributed by atoms with Gasteiger partial charge in [-0.25, -0.2) is 4.39 Å². The van der Waals surface area contributed by atoms with Gasteiger partial charge in [0.15, 0.2) is 5.78 Å². The first-order valence-electron chi connectivity index (χ1n) is 5.62. The molecule has 4 heteroatoms. The molecule has 17 heavy (non-hydrogen) atoms. The van der Waals surface area contributed by atoms with Crippen molar-refractivity contribution in [3.8, 4) is 0 Å². The summed E-state index contributed by atoms with van der Waals surface area (Å²) in [7, 11) is 0. The Balaban J connectivity index is 2.13. The third kappa shape index (κ3) is 2.52. The lowest BCUT2D eigenvalue weighted by molar-refractivity contribution is -0.134. The summed E-state index contributed by atoms with van der Waals surface area (Å²) < 4.78 is 12.7. The Labute approximate surface area is 99.2 Å². The lowest BCUT2D eigenvalue weighted by Crippen LogP contribution is -2.36. The van der Waals surface area contributed by atoms with E-state index in [1.807, 2.05) is 0 Å². The van der Waals surface area contributed by atoms with Gasteiger partial charge in [0.1, 0.15) is 5.82 Å². The second kappa shape index (κ2) is 4.65. The Hall–Kier alpha value is -1.71. The summed E-state index contributed by atoms with van der Waals surface area (Å²) in [6.45, 7) is 1.88. The summed E-state index contributed by atoms with van der Waals surface area (Å²) >= 11 is 0. The molecule has 0 unspecified atom stereocenters. The number of benzene rings is 1. The molecule has 1 amide bonds. The van der Waals surface area contributed by atoms with Gasteiger partial charge in [-0.2, -0.15) is 0 Å². The number of nitrogens with zero attached hydrogens (tertiary/aromatic N) is 1. The molecule has 0 saturated carbocycles. The van der Waals surface area contributed by atoms with Crippen LogP contribution in [0.2, 0.25) is 0 Å². The van der Waals surface area contributed by atoms with Crippen LogP contribution in [-0.2, 0) is 16.1 Å². The van der Waals surface area contributed by atoms with E-state index >= 15 is 0 Å². The number of amides is 1. The Morgan fingerprint density at radius 1 is 1.41 bits per heavy atom. The number of ketones is 1. The second-order valence-electron chi connectivity index (χ2n) is 4.31. The topological polar surface area (TPSA) is 37.4 Å². The fourth-order valence-electron chi connectivity index (χ4n) is 2.14. The zero-order valence-corrected chi connectivity index (χ0v) is 9.65. The zero-order valence-electron chi connectivity index (χ0n) is 9.65. The van der Waals surface area contributed by atoms with Gasteiger partial charge in [0.25, 0.3) is 0 Å². The molecule has 0 aromatic heterocycles. The standard InChI is InChI=1S/C13H14FNO2/c1-9(16)12-6-7-13(17)15(12)8-10-2-4-11(14)5-3-10/h2-5,12H,6-8H2,1H3/t12-/m1/s1. The van der Waals surface area contributed by atoms with Crippen molar-refractivity contribution < 1.29 is 14.0 Å². The van der Waals surface area contributed by atoms with Gasteiger partial charge in [-0.3, -0.25) is 9.59 Å². The maximum atomic E-state index is 12.7.